The molecule has 0 atom stereocenters. The van der Waals surface area contributed by atoms with Gasteiger partial charge in [-0.2, -0.15) is 13.2 Å². The molecule has 0 fully saturated rings. The number of carbonyl (C=O) groups is 2. The molecule has 4 nitrogen and oxygen atoms in total. The van der Waals surface area contributed by atoms with E-state index >= 15 is 0 Å². The lowest BCUT2D eigenvalue weighted by molar-refractivity contribution is -0.140. The highest BCUT2D eigenvalue weighted by Gasteiger charge is 2.31. The second kappa shape index (κ2) is 7.10. The molecule has 0 saturated heterocycles. The summed E-state index contributed by atoms with van der Waals surface area (Å²) in [6.45, 7) is 0. The molecule has 0 radical (unpaired) electrons. The standard InChI is InChI=1S/C14H15F3O4/c1-20-12-8-9(14(15,16)17)6-7-10(12)11(18)4-3-5-13(19)21-2/h6-8H,3-5H2,1-2H3. The van der Waals surface area contributed by atoms with E-state index in [0.29, 0.717) is 0 Å². The van der Waals surface area contributed by atoms with Crippen molar-refractivity contribution in [2.24, 2.45) is 0 Å². The fourth-order valence-electron chi connectivity index (χ4n) is 1.73. The van der Waals surface area contributed by atoms with Gasteiger partial charge in [-0.3, -0.25) is 9.59 Å². The summed E-state index contributed by atoms with van der Waals surface area (Å²) in [6.07, 6.45) is -4.14. The number of hydrogen-bond acceptors (Lipinski definition) is 4. The number of ketones is 1. The number of alkyl halides is 3. The Hall–Kier alpha value is -2.05. The molecule has 21 heavy (non-hydrogen) atoms. The summed E-state index contributed by atoms with van der Waals surface area (Å²) in [7, 11) is 2.43. The lowest BCUT2D eigenvalue weighted by atomic mass is 10.0. The molecule has 7 heteroatoms. The van der Waals surface area contributed by atoms with Crippen LogP contribution in [0.4, 0.5) is 13.2 Å². The quantitative estimate of drug-likeness (QED) is 0.598. The second-order valence-corrected chi connectivity index (χ2v) is 4.27. The molecule has 0 N–H and O–H groups in total. The number of ether oxygens (including phenoxy) is 2. The number of carbonyl (C=O) groups excluding carboxylic acids is 2. The first-order valence-corrected chi connectivity index (χ1v) is 6.15. The van der Waals surface area contributed by atoms with Gasteiger partial charge in [-0.15, -0.1) is 0 Å². The maximum atomic E-state index is 12.6. The number of benzene rings is 1. The summed E-state index contributed by atoms with van der Waals surface area (Å²) in [5, 5.41) is 0. The van der Waals surface area contributed by atoms with E-state index in [9.17, 15) is 22.8 Å². The smallest absolute Gasteiger partial charge is 0.416 e. The lowest BCUT2D eigenvalue weighted by Crippen LogP contribution is -2.09. The topological polar surface area (TPSA) is 52.6 Å². The molecule has 0 bridgehead atoms. The van der Waals surface area contributed by atoms with Crippen molar-refractivity contribution in [3.05, 3.63) is 29.3 Å². The van der Waals surface area contributed by atoms with Crippen molar-refractivity contribution >= 4 is 11.8 Å². The van der Waals surface area contributed by atoms with E-state index in [4.69, 9.17) is 4.74 Å². The molecular weight excluding hydrogens is 289 g/mol. The number of halogens is 3. The van der Waals surface area contributed by atoms with Gasteiger partial charge < -0.3 is 9.47 Å². The minimum Gasteiger partial charge on any atom is -0.496 e. The number of methoxy groups -OCH3 is 2. The van der Waals surface area contributed by atoms with Crippen molar-refractivity contribution in [1.29, 1.82) is 0 Å². The highest BCUT2D eigenvalue weighted by atomic mass is 19.4. The molecule has 1 rings (SSSR count). The molecule has 0 saturated carbocycles. The van der Waals surface area contributed by atoms with Gasteiger partial charge in [0.05, 0.1) is 25.3 Å². The van der Waals surface area contributed by atoms with E-state index in [1.165, 1.54) is 14.2 Å². The maximum Gasteiger partial charge on any atom is 0.416 e. The predicted molar refractivity (Wildman–Crippen MR) is 68.2 cm³/mol. The zero-order chi connectivity index (χ0) is 16.0. The predicted octanol–water partition coefficient (Wildman–Crippen LogP) is 3.24. The molecule has 0 spiro atoms. The van der Waals surface area contributed by atoms with Crippen molar-refractivity contribution in [3.8, 4) is 5.75 Å². The Morgan fingerprint density at radius 3 is 2.33 bits per heavy atom. The molecule has 1 aromatic rings. The van der Waals surface area contributed by atoms with E-state index in [1.807, 2.05) is 0 Å². The molecule has 1 aromatic carbocycles. The van der Waals surface area contributed by atoms with E-state index in [-0.39, 0.29) is 36.4 Å². The third-order valence-corrected chi connectivity index (χ3v) is 2.84. The van der Waals surface area contributed by atoms with Crippen LogP contribution in [0.3, 0.4) is 0 Å². The first-order valence-electron chi connectivity index (χ1n) is 6.15. The van der Waals surface area contributed by atoms with Gasteiger partial charge in [0, 0.05) is 12.8 Å². The SMILES string of the molecule is COC(=O)CCCC(=O)c1ccc(C(F)(F)F)cc1OC. The summed E-state index contributed by atoms with van der Waals surface area (Å²) in [4.78, 5) is 22.9. The van der Waals surface area contributed by atoms with E-state index < -0.39 is 17.7 Å². The van der Waals surface area contributed by atoms with Crippen LogP contribution < -0.4 is 4.74 Å². The number of esters is 1. The minimum atomic E-state index is -4.50. The van der Waals surface area contributed by atoms with Crippen molar-refractivity contribution in [2.75, 3.05) is 14.2 Å². The molecule has 0 aliphatic rings. The first kappa shape index (κ1) is 17.0. The number of Topliss-reactive ketones (excluding diaryl/α,β-unsaturated/α-hetero) is 1. The fourth-order valence-corrected chi connectivity index (χ4v) is 1.73. The largest absolute Gasteiger partial charge is 0.496 e. The normalized spacial score (nSPS) is 11.1. The Balaban J connectivity index is 2.82. The summed E-state index contributed by atoms with van der Waals surface area (Å²) < 4.78 is 47.0. The van der Waals surface area contributed by atoms with Crippen LogP contribution in [0.1, 0.15) is 35.2 Å². The van der Waals surface area contributed by atoms with Crippen LogP contribution in [0.2, 0.25) is 0 Å². The van der Waals surface area contributed by atoms with Gasteiger partial charge in [-0.1, -0.05) is 0 Å². The lowest BCUT2D eigenvalue weighted by Gasteiger charge is -2.12. The van der Waals surface area contributed by atoms with E-state index in [2.05, 4.69) is 4.74 Å². The summed E-state index contributed by atoms with van der Waals surface area (Å²) in [5.41, 5.74) is -0.819. The second-order valence-electron chi connectivity index (χ2n) is 4.27. The van der Waals surface area contributed by atoms with Crippen LogP contribution in [0, 0.1) is 0 Å². The van der Waals surface area contributed by atoms with E-state index in [0.717, 1.165) is 18.2 Å². The van der Waals surface area contributed by atoms with Gasteiger partial charge in [0.1, 0.15) is 5.75 Å². The van der Waals surface area contributed by atoms with Crippen LogP contribution >= 0.6 is 0 Å². The third-order valence-electron chi connectivity index (χ3n) is 2.84. The van der Waals surface area contributed by atoms with E-state index in [1.54, 1.807) is 0 Å². The maximum absolute atomic E-state index is 12.6. The van der Waals surface area contributed by atoms with Gasteiger partial charge in [0.2, 0.25) is 0 Å². The molecule has 0 aliphatic carbocycles. The van der Waals surface area contributed by atoms with Crippen molar-refractivity contribution in [1.82, 2.24) is 0 Å². The zero-order valence-corrected chi connectivity index (χ0v) is 11.6. The number of hydrogen-bond donors (Lipinski definition) is 0. The van der Waals surface area contributed by atoms with Gasteiger partial charge >= 0.3 is 12.1 Å². The molecule has 0 heterocycles. The zero-order valence-electron chi connectivity index (χ0n) is 11.6. The Morgan fingerprint density at radius 2 is 1.81 bits per heavy atom. The highest BCUT2D eigenvalue weighted by molar-refractivity contribution is 5.98. The van der Waals surface area contributed by atoms with Gasteiger partial charge in [-0.05, 0) is 24.6 Å². The van der Waals surface area contributed by atoms with Crippen LogP contribution in [-0.4, -0.2) is 26.0 Å². The van der Waals surface area contributed by atoms with Gasteiger partial charge in [0.25, 0.3) is 0 Å². The monoisotopic (exact) mass is 304 g/mol. The molecule has 116 valence electrons. The Morgan fingerprint density at radius 1 is 1.14 bits per heavy atom. The fraction of sp³-hybridized carbons (Fsp3) is 0.429. The Bertz CT molecular complexity index is 523. The molecule has 0 amide bonds. The van der Waals surface area contributed by atoms with Crippen LogP contribution in [-0.2, 0) is 15.7 Å². The van der Waals surface area contributed by atoms with Crippen molar-refractivity contribution < 1.29 is 32.2 Å². The van der Waals surface area contributed by atoms with Crippen molar-refractivity contribution in [2.45, 2.75) is 25.4 Å². The Labute approximate surface area is 119 Å². The van der Waals surface area contributed by atoms with Crippen LogP contribution in [0.15, 0.2) is 18.2 Å². The summed E-state index contributed by atoms with van der Waals surface area (Å²) in [5.74, 6) is -0.959. The average molecular weight is 304 g/mol. The molecular formula is C14H15F3O4. The molecule has 0 unspecified atom stereocenters. The molecule has 0 aliphatic heterocycles. The van der Waals surface area contributed by atoms with Crippen molar-refractivity contribution in [3.63, 3.8) is 0 Å². The third kappa shape index (κ3) is 4.77. The van der Waals surface area contributed by atoms with Crippen LogP contribution in [0.5, 0.6) is 5.75 Å². The summed E-state index contributed by atoms with van der Waals surface area (Å²) in [6, 6.07) is 2.70. The molecule has 0 aromatic heterocycles. The Kier molecular flexibility index (Phi) is 5.75. The highest BCUT2D eigenvalue weighted by Crippen LogP contribution is 2.33. The van der Waals surface area contributed by atoms with Gasteiger partial charge in [-0.25, -0.2) is 0 Å². The van der Waals surface area contributed by atoms with Crippen LogP contribution in [0.25, 0.3) is 0 Å². The summed E-state index contributed by atoms with van der Waals surface area (Å²) >= 11 is 0. The first-order chi connectivity index (χ1) is 9.79. The average Bonchev–Trinajstić information content (AvgIpc) is 2.45. The minimum absolute atomic E-state index is 0.0246. The van der Waals surface area contributed by atoms with Gasteiger partial charge in [0.15, 0.2) is 5.78 Å². The number of rotatable bonds is 6.